The number of unbranched alkanes of at least 4 members (excludes halogenated alkanes) is 22. The van der Waals surface area contributed by atoms with Crippen molar-refractivity contribution in [1.29, 1.82) is 0 Å². The summed E-state index contributed by atoms with van der Waals surface area (Å²) in [6.45, 7) is 4.52. The zero-order chi connectivity index (χ0) is 58.4. The summed E-state index contributed by atoms with van der Waals surface area (Å²) < 4.78 is 23.4. The summed E-state index contributed by atoms with van der Waals surface area (Å²) in [4.78, 5) is 25.6. The van der Waals surface area contributed by atoms with Crippen molar-refractivity contribution < 1.29 is 32.9 Å². The molecule has 0 heterocycles. The van der Waals surface area contributed by atoms with Crippen LogP contribution in [0.3, 0.4) is 0 Å². The number of hydrogen-bond acceptors (Lipinski definition) is 6. The number of phosphoric ester groups is 1. The third kappa shape index (κ3) is 62.0. The van der Waals surface area contributed by atoms with Crippen LogP contribution in [0, 0.1) is 0 Å². The summed E-state index contributed by atoms with van der Waals surface area (Å²) >= 11 is 0. The molecule has 0 aromatic carbocycles. The first-order valence-electron chi connectivity index (χ1n) is 32.2. The maximum Gasteiger partial charge on any atom is 0.268 e. The number of aliphatic hydroxyl groups is 1. The number of allylic oxidation sites excluding steroid dienone is 23. The molecule has 3 unspecified atom stereocenters. The van der Waals surface area contributed by atoms with Crippen molar-refractivity contribution >= 4 is 13.7 Å². The molecule has 0 aliphatic rings. The molecule has 0 saturated carbocycles. The summed E-state index contributed by atoms with van der Waals surface area (Å²) in [5, 5.41) is 13.9. The van der Waals surface area contributed by atoms with Crippen molar-refractivity contribution in [1.82, 2.24) is 5.32 Å². The van der Waals surface area contributed by atoms with Gasteiger partial charge >= 0.3 is 0 Å². The third-order valence-corrected chi connectivity index (χ3v) is 14.5. The first kappa shape index (κ1) is 76.4. The Kier molecular flexibility index (Phi) is 57.3. The lowest BCUT2D eigenvalue weighted by atomic mass is 10.0. The van der Waals surface area contributed by atoms with Crippen molar-refractivity contribution in [2.75, 3.05) is 40.9 Å². The van der Waals surface area contributed by atoms with Gasteiger partial charge in [0.2, 0.25) is 5.91 Å². The molecule has 2 N–H and O–H groups in total. The van der Waals surface area contributed by atoms with Gasteiger partial charge in [-0.1, -0.05) is 282 Å². The van der Waals surface area contributed by atoms with Crippen molar-refractivity contribution in [3.8, 4) is 0 Å². The Morgan fingerprint density at radius 3 is 1.11 bits per heavy atom. The second-order valence-electron chi connectivity index (χ2n) is 22.4. The van der Waals surface area contributed by atoms with Crippen LogP contribution in [0.15, 0.2) is 146 Å². The molecule has 3 atom stereocenters. The number of rotatable bonds is 57. The average molecular weight is 1130 g/mol. The molecule has 9 heteroatoms. The summed E-state index contributed by atoms with van der Waals surface area (Å²) in [7, 11) is 1.23. The zero-order valence-corrected chi connectivity index (χ0v) is 52.9. The number of carbonyl (C=O) groups excluding carboxylic acids is 1. The van der Waals surface area contributed by atoms with E-state index in [1.165, 1.54) is 96.3 Å². The van der Waals surface area contributed by atoms with Gasteiger partial charge in [-0.05, 0) is 103 Å². The molecule has 8 nitrogen and oxygen atoms in total. The molecular weight excluding hydrogens is 1010 g/mol. The molecular formula is C71H121N2O6P. The van der Waals surface area contributed by atoms with E-state index in [0.717, 1.165) is 128 Å². The average Bonchev–Trinajstić information content (AvgIpc) is 3.42. The van der Waals surface area contributed by atoms with Gasteiger partial charge in [0.15, 0.2) is 0 Å². The van der Waals surface area contributed by atoms with Gasteiger partial charge in [0.25, 0.3) is 7.82 Å². The van der Waals surface area contributed by atoms with E-state index in [9.17, 15) is 19.4 Å². The highest BCUT2D eigenvalue weighted by molar-refractivity contribution is 7.45. The van der Waals surface area contributed by atoms with Gasteiger partial charge in [-0.3, -0.25) is 9.36 Å². The minimum absolute atomic E-state index is 0.0123. The van der Waals surface area contributed by atoms with Gasteiger partial charge in [0.05, 0.1) is 39.9 Å². The standard InChI is InChI=1S/C71H121N2O6P/c1-6-8-10-12-14-16-18-20-22-24-26-27-28-29-30-31-32-33-34-35-36-37-38-39-40-41-42-43-44-45-47-49-51-53-55-57-59-61-63-65-71(75)72-69(68-79-80(76,77)78-67-66-73(3,4)5)70(74)64-62-60-58-56-54-52-50-48-46-25-23-21-19-17-15-13-11-9-7-2/h8,10,14,16,20,22,26-27,29-30,32-33,35-36,38-39,41-42,44-45,49,51,62,64,69-70,74H,6-7,9,11-13,15,17-19,21,23-25,28,31,34,37,40,43,46-48,50,52-61,63,65-68H2,1-5H3,(H-,72,75,76,77)/b10-8-,16-14-,22-20-,27-26-,30-29-,33-32-,36-35-,39-38-,42-41-,45-44-,51-49-,64-62+. The van der Waals surface area contributed by atoms with E-state index < -0.39 is 26.6 Å². The van der Waals surface area contributed by atoms with Crippen molar-refractivity contribution in [3.63, 3.8) is 0 Å². The molecule has 0 aromatic heterocycles. The normalized spacial score (nSPS) is 14.7. The first-order valence-corrected chi connectivity index (χ1v) is 33.7. The first-order chi connectivity index (χ1) is 39.0. The third-order valence-electron chi connectivity index (χ3n) is 13.6. The number of hydrogen-bond donors (Lipinski definition) is 2. The molecule has 0 rings (SSSR count). The summed E-state index contributed by atoms with van der Waals surface area (Å²) in [5.74, 6) is -0.221. The number of aliphatic hydroxyl groups excluding tert-OH is 1. The van der Waals surface area contributed by atoms with Gasteiger partial charge in [0.1, 0.15) is 13.2 Å². The summed E-state index contributed by atoms with van der Waals surface area (Å²) in [5.41, 5.74) is 0. The Bertz CT molecular complexity index is 1810. The molecule has 0 aromatic rings. The van der Waals surface area contributed by atoms with Gasteiger partial charge in [-0.2, -0.15) is 0 Å². The summed E-state index contributed by atoms with van der Waals surface area (Å²) in [6.07, 6.45) is 92.2. The van der Waals surface area contributed by atoms with Crippen LogP contribution >= 0.6 is 7.82 Å². The number of nitrogens with one attached hydrogen (secondary N) is 1. The molecule has 0 fully saturated rings. The van der Waals surface area contributed by atoms with Crippen molar-refractivity contribution in [2.45, 2.75) is 257 Å². The second-order valence-corrected chi connectivity index (χ2v) is 23.8. The number of carbonyl (C=O) groups is 1. The van der Waals surface area contributed by atoms with Crippen LogP contribution in [-0.4, -0.2) is 68.5 Å². The van der Waals surface area contributed by atoms with Crippen LogP contribution in [0.25, 0.3) is 0 Å². The fraction of sp³-hybridized carbons (Fsp3) is 0.648. The van der Waals surface area contributed by atoms with E-state index in [2.05, 4.69) is 153 Å². The number of nitrogens with zero attached hydrogens (tertiary/aromatic N) is 1. The minimum Gasteiger partial charge on any atom is -0.756 e. The lowest BCUT2D eigenvalue weighted by Gasteiger charge is -2.29. The fourth-order valence-corrected chi connectivity index (χ4v) is 9.29. The van der Waals surface area contributed by atoms with Crippen LogP contribution < -0.4 is 10.2 Å². The lowest BCUT2D eigenvalue weighted by Crippen LogP contribution is -2.45. The minimum atomic E-state index is -4.62. The second kappa shape index (κ2) is 60.0. The molecule has 0 spiro atoms. The Labute approximate surface area is 493 Å². The molecule has 456 valence electrons. The Morgan fingerprint density at radius 1 is 0.450 bits per heavy atom. The van der Waals surface area contributed by atoms with E-state index >= 15 is 0 Å². The Balaban J connectivity index is 4.22. The SMILES string of the molecule is CC/C=C\C/C=C\C/C=C\C/C=C\C/C=C\C/C=C\C/C=C\C/C=C\C/C=C\C/C=C\C/C=C\CCCCCCCC(=O)NC(COP(=O)([O-])OCC[N+](C)(C)C)C(O)/C=C/CCCCCCCCCCCCCCCCCCC. The highest BCUT2D eigenvalue weighted by Gasteiger charge is 2.23. The van der Waals surface area contributed by atoms with Crippen molar-refractivity contribution in [2.24, 2.45) is 0 Å². The predicted molar refractivity (Wildman–Crippen MR) is 348 cm³/mol. The van der Waals surface area contributed by atoms with Crippen LogP contribution in [0.5, 0.6) is 0 Å². The number of phosphoric acid groups is 1. The molecule has 0 bridgehead atoms. The van der Waals surface area contributed by atoms with E-state index in [0.29, 0.717) is 17.4 Å². The van der Waals surface area contributed by atoms with E-state index in [1.54, 1.807) is 6.08 Å². The molecule has 80 heavy (non-hydrogen) atoms. The molecule has 0 aliphatic carbocycles. The number of amides is 1. The van der Waals surface area contributed by atoms with Crippen LogP contribution in [0.1, 0.15) is 245 Å². The highest BCUT2D eigenvalue weighted by Crippen LogP contribution is 2.38. The molecule has 0 saturated heterocycles. The van der Waals surface area contributed by atoms with E-state index in [1.807, 2.05) is 27.2 Å². The zero-order valence-electron chi connectivity index (χ0n) is 52.0. The Hall–Kier alpha value is -3.62. The predicted octanol–water partition coefficient (Wildman–Crippen LogP) is 19.8. The number of quaternary nitrogens is 1. The van der Waals surface area contributed by atoms with Gasteiger partial charge in [-0.25, -0.2) is 0 Å². The van der Waals surface area contributed by atoms with E-state index in [4.69, 9.17) is 9.05 Å². The molecule has 0 aliphatic heterocycles. The van der Waals surface area contributed by atoms with Gasteiger partial charge in [-0.15, -0.1) is 0 Å². The van der Waals surface area contributed by atoms with Crippen molar-refractivity contribution in [3.05, 3.63) is 146 Å². The molecule has 1 amide bonds. The van der Waals surface area contributed by atoms with Gasteiger partial charge in [0, 0.05) is 6.42 Å². The monoisotopic (exact) mass is 1130 g/mol. The quantitative estimate of drug-likeness (QED) is 0.0272. The lowest BCUT2D eigenvalue weighted by molar-refractivity contribution is -0.870. The topological polar surface area (TPSA) is 108 Å². The maximum absolute atomic E-state index is 13.0. The highest BCUT2D eigenvalue weighted by atomic mass is 31.2. The fourth-order valence-electron chi connectivity index (χ4n) is 8.57. The molecule has 0 radical (unpaired) electrons. The van der Waals surface area contributed by atoms with Crippen LogP contribution in [0.4, 0.5) is 0 Å². The smallest absolute Gasteiger partial charge is 0.268 e. The maximum atomic E-state index is 13.0. The Morgan fingerprint density at radius 2 is 0.762 bits per heavy atom. The summed E-state index contributed by atoms with van der Waals surface area (Å²) in [6, 6.07) is -0.909. The van der Waals surface area contributed by atoms with Gasteiger partial charge < -0.3 is 28.8 Å². The van der Waals surface area contributed by atoms with Crippen LogP contribution in [-0.2, 0) is 18.4 Å². The van der Waals surface area contributed by atoms with Crippen LogP contribution in [0.2, 0.25) is 0 Å². The van der Waals surface area contributed by atoms with E-state index in [-0.39, 0.29) is 12.5 Å². The largest absolute Gasteiger partial charge is 0.756 e. The number of likely N-dealkylation sites (N-methyl/N-ethyl adjacent to an activating group) is 1.